The predicted molar refractivity (Wildman–Crippen MR) is 314 cm³/mol. The molecule has 0 bridgehead atoms. The van der Waals surface area contributed by atoms with Gasteiger partial charge in [0.15, 0.2) is 0 Å². The molecule has 0 radical (unpaired) electrons. The van der Waals surface area contributed by atoms with Gasteiger partial charge in [0.05, 0.1) is 18.6 Å². The molecule has 0 amide bonds. The van der Waals surface area contributed by atoms with Gasteiger partial charge in [-0.25, -0.2) is 0 Å². The molecule has 0 aromatic heterocycles. The highest BCUT2D eigenvalue weighted by molar-refractivity contribution is 5.75. The van der Waals surface area contributed by atoms with Gasteiger partial charge in [-0.05, 0) is 122 Å². The van der Waals surface area contributed by atoms with Crippen LogP contribution in [0.25, 0.3) is 0 Å². The number of hydrogen-bond donors (Lipinski definition) is 0. The topological polar surface area (TPSA) is 101 Å². The molecule has 0 aromatic carbocycles. The molecule has 0 N–H and O–H groups in total. The summed E-state index contributed by atoms with van der Waals surface area (Å²) in [4.78, 5) is 41.7. The second-order valence-electron chi connectivity index (χ2n) is 24.7. The Morgan fingerprint density at radius 1 is 0.560 bits per heavy atom. The number of hydrogen-bond acceptors (Lipinski definition) is 9. The zero-order chi connectivity index (χ0) is 54.5. The maximum atomic E-state index is 13.2. The van der Waals surface area contributed by atoms with Gasteiger partial charge in [-0.3, -0.25) is 19.3 Å². The van der Waals surface area contributed by atoms with Crippen LogP contribution in [0.1, 0.15) is 318 Å². The first-order chi connectivity index (χ1) is 36.5. The second kappa shape index (κ2) is 47.1. The van der Waals surface area contributed by atoms with Crippen LogP contribution in [0.15, 0.2) is 0 Å². The number of esters is 3. The molecule has 0 aliphatic carbocycles. The highest BCUT2D eigenvalue weighted by Crippen LogP contribution is 2.30. The number of unbranched alkanes of at least 4 members (excludes halogenated alkanes) is 22. The fraction of sp³-hybridized carbons (Fsp3) is 0.955. The molecule has 2 aliphatic rings. The fourth-order valence-electron chi connectivity index (χ4n) is 11.9. The molecule has 2 rings (SSSR count). The van der Waals surface area contributed by atoms with Crippen LogP contribution in [-0.2, 0) is 38.1 Å². The van der Waals surface area contributed by atoms with Gasteiger partial charge in [0.2, 0.25) is 0 Å². The van der Waals surface area contributed by atoms with Crippen molar-refractivity contribution in [3.05, 3.63) is 0 Å². The number of ether oxygens (including phenoxy) is 5. The van der Waals surface area contributed by atoms with Gasteiger partial charge in [-0.2, -0.15) is 0 Å². The number of rotatable bonds is 52. The quantitative estimate of drug-likeness (QED) is 0.0335. The van der Waals surface area contributed by atoms with Crippen molar-refractivity contribution >= 4 is 17.9 Å². The fourth-order valence-corrected chi connectivity index (χ4v) is 11.9. The van der Waals surface area contributed by atoms with Crippen molar-refractivity contribution in [2.24, 2.45) is 23.2 Å². The largest absolute Gasteiger partial charge is 0.465 e. The summed E-state index contributed by atoms with van der Waals surface area (Å²) in [5, 5.41) is 0. The maximum absolute atomic E-state index is 13.2. The van der Waals surface area contributed by atoms with Gasteiger partial charge in [0.25, 0.3) is 0 Å². The zero-order valence-electron chi connectivity index (χ0n) is 50.8. The number of likely N-dealkylation sites (tertiary alicyclic amines) is 1. The van der Waals surface area contributed by atoms with Crippen molar-refractivity contribution < 1.29 is 38.1 Å². The van der Waals surface area contributed by atoms with Crippen molar-refractivity contribution in [2.45, 2.75) is 336 Å². The Morgan fingerprint density at radius 2 is 1.07 bits per heavy atom. The molecule has 2 fully saturated rings. The van der Waals surface area contributed by atoms with E-state index in [1.807, 2.05) is 0 Å². The van der Waals surface area contributed by atoms with Gasteiger partial charge >= 0.3 is 17.9 Å². The van der Waals surface area contributed by atoms with Crippen LogP contribution in [0.5, 0.6) is 0 Å². The van der Waals surface area contributed by atoms with Crippen molar-refractivity contribution in [3.8, 4) is 0 Å². The Hall–Kier alpha value is -1.71. The molecule has 0 aromatic rings. The van der Waals surface area contributed by atoms with Gasteiger partial charge in [-0.1, -0.05) is 202 Å². The molecule has 442 valence electrons. The van der Waals surface area contributed by atoms with Crippen molar-refractivity contribution in [1.82, 2.24) is 4.90 Å². The minimum Gasteiger partial charge on any atom is -0.465 e. The Morgan fingerprint density at radius 3 is 1.72 bits per heavy atom. The lowest BCUT2D eigenvalue weighted by Crippen LogP contribution is -2.34. The van der Waals surface area contributed by atoms with Gasteiger partial charge in [-0.15, -0.1) is 0 Å². The van der Waals surface area contributed by atoms with E-state index in [1.54, 1.807) is 0 Å². The Labute approximate surface area is 464 Å². The van der Waals surface area contributed by atoms with Crippen molar-refractivity contribution in [1.29, 1.82) is 0 Å². The van der Waals surface area contributed by atoms with E-state index in [2.05, 4.69) is 53.4 Å². The third-order valence-corrected chi connectivity index (χ3v) is 17.2. The molecular formula is C66H125NO8. The first-order valence-corrected chi connectivity index (χ1v) is 33.0. The lowest BCUT2D eigenvalue weighted by Gasteiger charge is -2.27. The molecule has 2 heterocycles. The highest BCUT2D eigenvalue weighted by Gasteiger charge is 2.34. The first-order valence-electron chi connectivity index (χ1n) is 33.0. The molecular weight excluding hydrogens is 935 g/mol. The van der Waals surface area contributed by atoms with E-state index in [-0.39, 0.29) is 36.2 Å². The van der Waals surface area contributed by atoms with Crippen LogP contribution in [0.3, 0.4) is 0 Å². The van der Waals surface area contributed by atoms with Crippen LogP contribution in [0, 0.1) is 23.2 Å². The van der Waals surface area contributed by atoms with E-state index in [0.717, 1.165) is 147 Å². The first kappa shape index (κ1) is 69.4. The average Bonchev–Trinajstić information content (AvgIpc) is 3.78. The molecule has 2 unspecified atom stereocenters. The summed E-state index contributed by atoms with van der Waals surface area (Å²) in [7, 11) is 0. The number of carbonyl (C=O) groups is 3. The summed E-state index contributed by atoms with van der Waals surface area (Å²) < 4.78 is 30.0. The van der Waals surface area contributed by atoms with E-state index >= 15 is 0 Å². The minimum absolute atomic E-state index is 0.00196. The van der Waals surface area contributed by atoms with Crippen LogP contribution < -0.4 is 0 Å². The zero-order valence-corrected chi connectivity index (χ0v) is 50.8. The third kappa shape index (κ3) is 37.0. The maximum Gasteiger partial charge on any atom is 0.311 e. The predicted octanol–water partition coefficient (Wildman–Crippen LogP) is 18.4. The van der Waals surface area contributed by atoms with Crippen LogP contribution >= 0.6 is 0 Å². The lowest BCUT2D eigenvalue weighted by molar-refractivity contribution is -0.154. The number of nitrogens with zero attached hydrogens (tertiary/aromatic N) is 1. The van der Waals surface area contributed by atoms with E-state index in [1.165, 1.54) is 154 Å². The van der Waals surface area contributed by atoms with E-state index < -0.39 is 5.41 Å². The second-order valence-corrected chi connectivity index (χ2v) is 24.7. The van der Waals surface area contributed by atoms with Crippen LogP contribution in [0.4, 0.5) is 0 Å². The normalized spacial score (nSPS) is 17.1. The molecule has 75 heavy (non-hydrogen) atoms. The summed E-state index contributed by atoms with van der Waals surface area (Å²) in [6.07, 6.45) is 47.6. The SMILES string of the molecule is CCCCCCCCC(CCCCCCCC)OC(=O)CCCCCCCOCC1C[C@H](OC(=O)CCCCC(C)C2CCOCC2)CN1CCCCCCC(C)(C)C(=O)OCCCC(CCCCC)CCCCC. The van der Waals surface area contributed by atoms with Gasteiger partial charge < -0.3 is 23.7 Å². The van der Waals surface area contributed by atoms with Gasteiger partial charge in [0, 0.05) is 51.7 Å². The van der Waals surface area contributed by atoms with Gasteiger partial charge in [0.1, 0.15) is 12.2 Å². The Balaban J connectivity index is 1.75. The Bertz CT molecular complexity index is 1310. The standard InChI is InChI=1S/C66H125NO8/c1-8-12-16-18-21-29-42-61(43-30-22-19-17-13-9-2)74-63(68)44-31-23-20-26-36-50-72-56-60-54-62(75-64(69)45-33-32-38-57(5)59-46-52-71-53-47-59)55-67(60)49-35-25-24-34-48-66(6,7)65(70)73-51-37-41-58(39-27-14-10-3)40-28-15-11-4/h57-62H,8-56H2,1-7H3/t57?,60?,62-/m0/s1. The summed E-state index contributed by atoms with van der Waals surface area (Å²) in [5.74, 6) is 2.11. The highest BCUT2D eigenvalue weighted by atomic mass is 16.6. The van der Waals surface area contributed by atoms with Crippen molar-refractivity contribution in [3.63, 3.8) is 0 Å². The van der Waals surface area contributed by atoms with Crippen LogP contribution in [-0.4, -0.2) is 87.2 Å². The molecule has 9 nitrogen and oxygen atoms in total. The lowest BCUT2D eigenvalue weighted by atomic mass is 9.84. The molecule has 3 atom stereocenters. The average molecular weight is 1060 g/mol. The summed E-state index contributed by atoms with van der Waals surface area (Å²) in [5.41, 5.74) is -0.462. The monoisotopic (exact) mass is 1060 g/mol. The van der Waals surface area contributed by atoms with Crippen LogP contribution in [0.2, 0.25) is 0 Å². The summed E-state index contributed by atoms with van der Waals surface area (Å²) in [6, 6.07) is 0.247. The van der Waals surface area contributed by atoms with E-state index in [9.17, 15) is 14.4 Å². The smallest absolute Gasteiger partial charge is 0.311 e. The molecule has 2 aliphatic heterocycles. The van der Waals surface area contributed by atoms with Crippen molar-refractivity contribution in [2.75, 3.05) is 46.1 Å². The Kier molecular flexibility index (Phi) is 43.6. The minimum atomic E-state index is -0.462. The molecule has 0 saturated carbocycles. The summed E-state index contributed by atoms with van der Waals surface area (Å²) >= 11 is 0. The molecule has 2 saturated heterocycles. The third-order valence-electron chi connectivity index (χ3n) is 17.2. The molecule has 9 heteroatoms. The molecule has 0 spiro atoms. The van der Waals surface area contributed by atoms with E-state index in [4.69, 9.17) is 23.7 Å². The number of carbonyl (C=O) groups excluding carboxylic acids is 3. The summed E-state index contributed by atoms with van der Waals surface area (Å²) in [6.45, 7) is 21.0. The van der Waals surface area contributed by atoms with E-state index in [0.29, 0.717) is 32.0 Å².